The number of hydrogen-bond acceptors (Lipinski definition) is 5. The Balaban J connectivity index is 0.000000537. The third-order valence-electron chi connectivity index (χ3n) is 4.12. The minimum absolute atomic E-state index is 0.918. The molecule has 29 heavy (non-hydrogen) atoms. The molecule has 0 radical (unpaired) electrons. The zero-order valence-electron chi connectivity index (χ0n) is 16.6. The van der Waals surface area contributed by atoms with Crippen LogP contribution < -0.4 is 28.2 Å². The van der Waals surface area contributed by atoms with Gasteiger partial charge in [-0.1, -0.05) is 30.3 Å². The summed E-state index contributed by atoms with van der Waals surface area (Å²) in [6, 6.07) is 21.2. The molecule has 1 heterocycles. The Morgan fingerprint density at radius 2 is 1.48 bits per heavy atom. The van der Waals surface area contributed by atoms with Crippen molar-refractivity contribution in [3.8, 4) is 5.69 Å². The monoisotopic (exact) mass is 417 g/mol. The number of rotatable bonds is 5. The maximum Gasteiger partial charge on any atom is 0.231 e. The molecule has 0 bridgehead atoms. The van der Waals surface area contributed by atoms with Gasteiger partial charge in [-0.15, -0.1) is 19.6 Å². The summed E-state index contributed by atoms with van der Waals surface area (Å²) in [6.45, 7) is 3.09. The first-order chi connectivity index (χ1) is 13.7. The summed E-state index contributed by atoms with van der Waals surface area (Å²) in [4.78, 5) is 2.11. The van der Waals surface area contributed by atoms with Crippen molar-refractivity contribution in [1.29, 1.82) is 0 Å². The molecule has 1 aromatic heterocycles. The summed E-state index contributed by atoms with van der Waals surface area (Å²) in [5, 5.41) is 0. The molecule has 154 valence electrons. The molecule has 0 unspecified atom stereocenters. The molecule has 0 spiro atoms. The van der Waals surface area contributed by atoms with Crippen LogP contribution in [-0.2, 0) is 6.54 Å². The highest BCUT2D eigenvalue weighted by molar-refractivity contribution is 5.68. The standard InChI is InChI=1S/C21H24N3.ClHO4/c1-4-23-21(16-17-24(23)20-8-6-5-7-9-20)15-12-18-10-13-19(14-11-18)22(2)3;2-1(3,4)5/h5-17H,4H2,1-3H3;(H,2,3,4,5)/q+1;/p-1. The van der Waals surface area contributed by atoms with Crippen molar-refractivity contribution in [2.24, 2.45) is 0 Å². The maximum absolute atomic E-state index is 8.49. The predicted octanol–water partition coefficient (Wildman–Crippen LogP) is -0.735. The van der Waals surface area contributed by atoms with E-state index in [4.69, 9.17) is 18.6 Å². The van der Waals surface area contributed by atoms with E-state index in [9.17, 15) is 0 Å². The smallest absolute Gasteiger partial charge is 0.231 e. The van der Waals surface area contributed by atoms with Crippen molar-refractivity contribution in [3.63, 3.8) is 0 Å². The Morgan fingerprint density at radius 1 is 0.897 bits per heavy atom. The molecule has 0 saturated carbocycles. The van der Waals surface area contributed by atoms with E-state index in [-0.39, 0.29) is 0 Å². The number of anilines is 1. The Hall–Kier alpha value is -2.68. The van der Waals surface area contributed by atoms with Gasteiger partial charge in [-0.05, 0) is 42.8 Å². The van der Waals surface area contributed by atoms with Crippen LogP contribution in [0.25, 0.3) is 17.8 Å². The van der Waals surface area contributed by atoms with Gasteiger partial charge in [0.25, 0.3) is 0 Å². The van der Waals surface area contributed by atoms with Gasteiger partial charge in [-0.3, -0.25) is 0 Å². The zero-order valence-corrected chi connectivity index (χ0v) is 17.3. The summed E-state index contributed by atoms with van der Waals surface area (Å²) in [6.07, 6.45) is 6.46. The molecule has 2 aromatic carbocycles. The fourth-order valence-electron chi connectivity index (χ4n) is 2.79. The van der Waals surface area contributed by atoms with Gasteiger partial charge in [0.05, 0.1) is 6.20 Å². The average Bonchev–Trinajstić information content (AvgIpc) is 3.09. The van der Waals surface area contributed by atoms with Gasteiger partial charge in [0.2, 0.25) is 5.69 Å². The molecule has 3 aromatic rings. The van der Waals surface area contributed by atoms with Crippen LogP contribution in [0.1, 0.15) is 18.2 Å². The Labute approximate surface area is 172 Å². The van der Waals surface area contributed by atoms with Crippen LogP contribution in [0.3, 0.4) is 0 Å². The minimum atomic E-state index is -4.94. The summed E-state index contributed by atoms with van der Waals surface area (Å²) in [7, 11) is -0.831. The minimum Gasteiger partial charge on any atom is -0.378 e. The van der Waals surface area contributed by atoms with E-state index in [0.717, 1.165) is 6.54 Å². The summed E-state index contributed by atoms with van der Waals surface area (Å²) >= 11 is 0. The third kappa shape index (κ3) is 7.34. The Kier molecular flexibility index (Phi) is 7.95. The van der Waals surface area contributed by atoms with Crippen LogP contribution in [0, 0.1) is 10.2 Å². The van der Waals surface area contributed by atoms with Crippen LogP contribution in [0.4, 0.5) is 5.69 Å². The van der Waals surface area contributed by atoms with Crippen molar-refractivity contribution in [1.82, 2.24) is 4.68 Å². The second-order valence-electron chi connectivity index (χ2n) is 6.33. The second-order valence-corrected chi connectivity index (χ2v) is 7.09. The first kappa shape index (κ1) is 22.6. The van der Waals surface area contributed by atoms with Crippen LogP contribution >= 0.6 is 0 Å². The van der Waals surface area contributed by atoms with E-state index in [1.54, 1.807) is 0 Å². The SMILES string of the molecule is CC[n+]1c(/C=C/c2ccc(N(C)C)cc2)ccn1-c1ccccc1.[O-][Cl+3]([O-])([O-])[O-]. The van der Waals surface area contributed by atoms with Crippen molar-refractivity contribution in [2.45, 2.75) is 13.5 Å². The number of para-hydroxylation sites is 1. The molecule has 0 aliphatic rings. The van der Waals surface area contributed by atoms with Crippen molar-refractivity contribution < 1.29 is 33.6 Å². The Morgan fingerprint density at radius 3 is 2.00 bits per heavy atom. The molecule has 0 fully saturated rings. The van der Waals surface area contributed by atoms with Gasteiger partial charge >= 0.3 is 0 Å². The van der Waals surface area contributed by atoms with Gasteiger partial charge in [0.1, 0.15) is 5.69 Å². The molecule has 0 aliphatic heterocycles. The van der Waals surface area contributed by atoms with Gasteiger partial charge in [0.15, 0.2) is 6.54 Å². The van der Waals surface area contributed by atoms with Gasteiger partial charge in [0, 0.05) is 31.9 Å². The molecule has 7 nitrogen and oxygen atoms in total. The largest absolute Gasteiger partial charge is 0.378 e. The normalized spacial score (nSPS) is 11.3. The van der Waals surface area contributed by atoms with Crippen LogP contribution in [0.2, 0.25) is 0 Å². The molecule has 0 amide bonds. The number of hydrogen-bond donors (Lipinski definition) is 0. The zero-order chi connectivity index (χ0) is 21.4. The number of halogens is 1. The van der Waals surface area contributed by atoms with Gasteiger partial charge in [-0.2, -0.15) is 0 Å². The third-order valence-corrected chi connectivity index (χ3v) is 4.12. The first-order valence-electron chi connectivity index (χ1n) is 8.93. The van der Waals surface area contributed by atoms with E-state index in [1.165, 1.54) is 22.6 Å². The molecular formula is C21H24ClN3O4. The van der Waals surface area contributed by atoms with Crippen LogP contribution in [0.15, 0.2) is 66.9 Å². The van der Waals surface area contributed by atoms with E-state index in [1.807, 2.05) is 6.07 Å². The van der Waals surface area contributed by atoms with Crippen molar-refractivity contribution in [2.75, 3.05) is 19.0 Å². The molecule has 0 aliphatic carbocycles. The summed E-state index contributed by atoms with van der Waals surface area (Å²) < 4.78 is 38.4. The molecule has 0 saturated heterocycles. The van der Waals surface area contributed by atoms with Crippen LogP contribution in [-0.4, -0.2) is 18.8 Å². The van der Waals surface area contributed by atoms with Gasteiger partial charge in [-0.25, -0.2) is 18.6 Å². The topological polar surface area (TPSA) is 104 Å². The summed E-state index contributed by atoms with van der Waals surface area (Å²) in [5.41, 5.74) is 4.79. The highest BCUT2D eigenvalue weighted by atomic mass is 35.7. The Bertz CT molecular complexity index is 911. The van der Waals surface area contributed by atoms with E-state index >= 15 is 0 Å². The highest BCUT2D eigenvalue weighted by Gasteiger charge is 2.14. The fourth-order valence-corrected chi connectivity index (χ4v) is 2.79. The molecule has 3 rings (SSSR count). The lowest BCUT2D eigenvalue weighted by molar-refractivity contribution is -2.00. The lowest BCUT2D eigenvalue weighted by Crippen LogP contribution is -2.68. The van der Waals surface area contributed by atoms with Crippen LogP contribution in [0.5, 0.6) is 0 Å². The maximum atomic E-state index is 8.49. The van der Waals surface area contributed by atoms with E-state index in [2.05, 4.69) is 108 Å². The second kappa shape index (κ2) is 10.2. The fraction of sp³-hybridized carbons (Fsp3) is 0.190. The summed E-state index contributed by atoms with van der Waals surface area (Å²) in [5.74, 6) is 0. The number of benzene rings is 2. The quantitative estimate of drug-likeness (QED) is 0.509. The van der Waals surface area contributed by atoms with E-state index < -0.39 is 10.2 Å². The van der Waals surface area contributed by atoms with Crippen molar-refractivity contribution >= 4 is 17.8 Å². The predicted molar refractivity (Wildman–Crippen MR) is 101 cm³/mol. The molecular weight excluding hydrogens is 394 g/mol. The van der Waals surface area contributed by atoms with Gasteiger partial charge < -0.3 is 4.90 Å². The molecule has 0 atom stereocenters. The van der Waals surface area contributed by atoms with E-state index in [0.29, 0.717) is 0 Å². The number of nitrogens with zero attached hydrogens (tertiary/aromatic N) is 3. The van der Waals surface area contributed by atoms with Crippen molar-refractivity contribution in [3.05, 3.63) is 78.1 Å². The lowest BCUT2D eigenvalue weighted by Gasteiger charge is -2.17. The molecule has 0 N–H and O–H groups in total. The first-order valence-corrected chi connectivity index (χ1v) is 10.2. The lowest BCUT2D eigenvalue weighted by atomic mass is 10.2. The highest BCUT2D eigenvalue weighted by Crippen LogP contribution is 2.14. The molecule has 8 heteroatoms. The number of aromatic nitrogens is 2. The average molecular weight is 418 g/mol.